The van der Waals surface area contributed by atoms with Crippen LogP contribution < -0.4 is 0 Å². The summed E-state index contributed by atoms with van der Waals surface area (Å²) in [5.41, 5.74) is 0.727. The van der Waals surface area contributed by atoms with Crippen LogP contribution in [-0.4, -0.2) is 47.8 Å². The van der Waals surface area contributed by atoms with Crippen LogP contribution in [0, 0.1) is 0 Å². The first-order valence-electron chi connectivity index (χ1n) is 9.00. The Morgan fingerprint density at radius 3 is 2.37 bits per heavy atom. The number of carbonyl (C=O) groups excluding carboxylic acids is 2. The van der Waals surface area contributed by atoms with E-state index in [4.69, 9.17) is 0 Å². The minimum Gasteiger partial charge on any atom is -0.336 e. The van der Waals surface area contributed by atoms with Gasteiger partial charge in [0.05, 0.1) is 0 Å². The zero-order chi connectivity index (χ0) is 18.6. The highest BCUT2D eigenvalue weighted by molar-refractivity contribution is 7.10. The lowest BCUT2D eigenvalue weighted by Gasteiger charge is -2.34. The van der Waals surface area contributed by atoms with Gasteiger partial charge in [0.2, 0.25) is 5.91 Å². The largest absolute Gasteiger partial charge is 0.336 e. The second-order valence-electron chi connectivity index (χ2n) is 6.49. The number of fused-ring (bicyclic) bond motifs is 1. The van der Waals surface area contributed by atoms with Crippen molar-refractivity contribution in [2.45, 2.75) is 0 Å². The van der Waals surface area contributed by atoms with E-state index in [1.54, 1.807) is 22.3 Å². The monoisotopic (exact) mass is 376 g/mol. The first-order valence-corrected chi connectivity index (χ1v) is 9.88. The Labute approximate surface area is 162 Å². The van der Waals surface area contributed by atoms with Gasteiger partial charge in [-0.1, -0.05) is 42.5 Å². The SMILES string of the molecule is O=C(C=Cc1cccs1)N1CCN(C(=O)c2cccc3ccccc23)CC1. The molecule has 2 heterocycles. The fourth-order valence-corrected chi connectivity index (χ4v) is 3.98. The molecule has 1 saturated heterocycles. The van der Waals surface area contributed by atoms with E-state index >= 15 is 0 Å². The molecule has 1 aliphatic heterocycles. The number of hydrogen-bond acceptors (Lipinski definition) is 3. The highest BCUT2D eigenvalue weighted by Crippen LogP contribution is 2.21. The number of piperazine rings is 1. The van der Waals surface area contributed by atoms with Crippen LogP contribution in [0.5, 0.6) is 0 Å². The molecule has 0 bridgehead atoms. The van der Waals surface area contributed by atoms with Crippen LogP contribution >= 0.6 is 11.3 Å². The number of nitrogens with zero attached hydrogens (tertiary/aromatic N) is 2. The fourth-order valence-electron chi connectivity index (χ4n) is 3.36. The lowest BCUT2D eigenvalue weighted by atomic mass is 10.0. The van der Waals surface area contributed by atoms with Gasteiger partial charge in [-0.15, -0.1) is 11.3 Å². The summed E-state index contributed by atoms with van der Waals surface area (Å²) in [7, 11) is 0. The quantitative estimate of drug-likeness (QED) is 0.651. The highest BCUT2D eigenvalue weighted by atomic mass is 32.1. The van der Waals surface area contributed by atoms with Gasteiger partial charge in [0.15, 0.2) is 0 Å². The highest BCUT2D eigenvalue weighted by Gasteiger charge is 2.24. The van der Waals surface area contributed by atoms with Crippen LogP contribution in [0.3, 0.4) is 0 Å². The maximum Gasteiger partial charge on any atom is 0.254 e. The second-order valence-corrected chi connectivity index (χ2v) is 7.47. The van der Waals surface area contributed by atoms with Gasteiger partial charge in [0.25, 0.3) is 5.91 Å². The number of thiophene rings is 1. The van der Waals surface area contributed by atoms with Crippen molar-refractivity contribution in [2.24, 2.45) is 0 Å². The van der Waals surface area contributed by atoms with Crippen LogP contribution in [-0.2, 0) is 4.79 Å². The van der Waals surface area contributed by atoms with E-state index in [2.05, 4.69) is 0 Å². The van der Waals surface area contributed by atoms with E-state index in [9.17, 15) is 9.59 Å². The van der Waals surface area contributed by atoms with Gasteiger partial charge >= 0.3 is 0 Å². The van der Waals surface area contributed by atoms with Gasteiger partial charge in [-0.25, -0.2) is 0 Å². The molecule has 5 heteroatoms. The van der Waals surface area contributed by atoms with Crippen LogP contribution in [0.25, 0.3) is 16.8 Å². The fraction of sp³-hybridized carbons (Fsp3) is 0.182. The molecule has 0 N–H and O–H groups in total. The van der Waals surface area contributed by atoms with Crippen molar-refractivity contribution < 1.29 is 9.59 Å². The Bertz CT molecular complexity index is 981. The van der Waals surface area contributed by atoms with E-state index in [0.717, 1.165) is 21.2 Å². The van der Waals surface area contributed by atoms with Crippen molar-refractivity contribution >= 4 is 40.0 Å². The summed E-state index contributed by atoms with van der Waals surface area (Å²) in [5, 5.41) is 4.03. The maximum atomic E-state index is 13.0. The average Bonchev–Trinajstić information content (AvgIpc) is 3.25. The first kappa shape index (κ1) is 17.5. The molecule has 0 radical (unpaired) electrons. The Kier molecular flexibility index (Phi) is 5.03. The number of rotatable bonds is 3. The van der Waals surface area contributed by atoms with Gasteiger partial charge in [-0.05, 0) is 34.4 Å². The maximum absolute atomic E-state index is 13.0. The summed E-state index contributed by atoms with van der Waals surface area (Å²) < 4.78 is 0. The van der Waals surface area contributed by atoms with Crippen molar-refractivity contribution in [1.29, 1.82) is 0 Å². The van der Waals surface area contributed by atoms with Gasteiger partial charge in [-0.3, -0.25) is 9.59 Å². The van der Waals surface area contributed by atoms with Crippen molar-refractivity contribution in [2.75, 3.05) is 26.2 Å². The molecule has 0 saturated carbocycles. The second kappa shape index (κ2) is 7.76. The molecule has 4 rings (SSSR count). The van der Waals surface area contributed by atoms with Crippen LogP contribution in [0.15, 0.2) is 66.1 Å². The number of hydrogen-bond donors (Lipinski definition) is 0. The van der Waals surface area contributed by atoms with E-state index < -0.39 is 0 Å². The third-order valence-electron chi connectivity index (χ3n) is 4.83. The summed E-state index contributed by atoms with van der Waals surface area (Å²) in [6.45, 7) is 2.23. The normalized spacial score (nSPS) is 14.8. The summed E-state index contributed by atoms with van der Waals surface area (Å²) in [6.07, 6.45) is 3.47. The van der Waals surface area contributed by atoms with Gasteiger partial charge < -0.3 is 9.80 Å². The molecular weight excluding hydrogens is 356 g/mol. The minimum absolute atomic E-state index is 0.000611. The standard InChI is InChI=1S/C22H20N2O2S/c25-21(11-10-18-7-4-16-27-18)23-12-14-24(15-13-23)22(26)20-9-3-6-17-5-1-2-8-19(17)20/h1-11,16H,12-15H2. The van der Waals surface area contributed by atoms with Crippen LogP contribution in [0.1, 0.15) is 15.2 Å². The summed E-state index contributed by atoms with van der Waals surface area (Å²) in [6, 6.07) is 17.7. The summed E-state index contributed by atoms with van der Waals surface area (Å²) in [4.78, 5) is 30.0. The third kappa shape index (κ3) is 3.78. The molecule has 27 heavy (non-hydrogen) atoms. The lowest BCUT2D eigenvalue weighted by molar-refractivity contribution is -0.127. The molecule has 0 spiro atoms. The zero-order valence-electron chi connectivity index (χ0n) is 14.9. The smallest absolute Gasteiger partial charge is 0.254 e. The van der Waals surface area contributed by atoms with E-state index in [1.165, 1.54) is 0 Å². The van der Waals surface area contributed by atoms with Gasteiger partial charge in [0.1, 0.15) is 0 Å². The zero-order valence-corrected chi connectivity index (χ0v) is 15.7. The molecule has 2 amide bonds. The summed E-state index contributed by atoms with van der Waals surface area (Å²) in [5.74, 6) is 0.0358. The number of carbonyl (C=O) groups is 2. The Morgan fingerprint density at radius 2 is 1.59 bits per heavy atom. The molecule has 1 aliphatic rings. The van der Waals surface area contributed by atoms with Crippen LogP contribution in [0.2, 0.25) is 0 Å². The average molecular weight is 376 g/mol. The number of amides is 2. The Hall–Kier alpha value is -2.92. The van der Waals surface area contributed by atoms with Gasteiger partial charge in [0, 0.05) is 42.7 Å². The molecule has 0 unspecified atom stereocenters. The Morgan fingerprint density at radius 1 is 0.852 bits per heavy atom. The molecule has 2 aromatic carbocycles. The van der Waals surface area contributed by atoms with Crippen molar-refractivity contribution in [3.8, 4) is 0 Å². The molecule has 0 atom stereocenters. The first-order chi connectivity index (χ1) is 13.2. The van der Waals surface area contributed by atoms with Crippen molar-refractivity contribution in [3.63, 3.8) is 0 Å². The predicted octanol–water partition coefficient (Wildman–Crippen LogP) is 3.90. The number of benzene rings is 2. The van der Waals surface area contributed by atoms with Crippen LogP contribution in [0.4, 0.5) is 0 Å². The van der Waals surface area contributed by atoms with Crippen molar-refractivity contribution in [3.05, 3.63) is 76.5 Å². The molecule has 0 aliphatic carbocycles. The third-order valence-corrected chi connectivity index (χ3v) is 5.67. The molecule has 136 valence electrons. The molecule has 1 aromatic heterocycles. The molecule has 1 fully saturated rings. The van der Waals surface area contributed by atoms with E-state index in [0.29, 0.717) is 26.2 Å². The summed E-state index contributed by atoms with van der Waals surface area (Å²) >= 11 is 1.60. The van der Waals surface area contributed by atoms with Gasteiger partial charge in [-0.2, -0.15) is 0 Å². The minimum atomic E-state index is 0.000611. The van der Waals surface area contributed by atoms with E-state index in [-0.39, 0.29) is 11.8 Å². The molecule has 3 aromatic rings. The molecule has 4 nitrogen and oxygen atoms in total. The molecular formula is C22H20N2O2S. The predicted molar refractivity (Wildman–Crippen MR) is 110 cm³/mol. The van der Waals surface area contributed by atoms with Crippen molar-refractivity contribution in [1.82, 2.24) is 9.80 Å². The Balaban J connectivity index is 1.41. The van der Waals surface area contributed by atoms with E-state index in [1.807, 2.05) is 71.0 Å². The topological polar surface area (TPSA) is 40.6 Å². The lowest BCUT2D eigenvalue weighted by Crippen LogP contribution is -2.50.